The fourth-order valence-corrected chi connectivity index (χ4v) is 1.12. The Morgan fingerprint density at radius 3 is 2.38 bits per heavy atom. The average molecular weight is 220 g/mol. The maximum Gasteiger partial charge on any atom is 0.0489 e. The molecular weight excluding hydrogens is 205 g/mol. The lowest BCUT2D eigenvalue weighted by Gasteiger charge is -2.18. The minimum atomic E-state index is 0. The van der Waals surface area contributed by atoms with E-state index in [1.807, 2.05) is 12.4 Å². The van der Waals surface area contributed by atoms with Gasteiger partial charge in [0, 0.05) is 18.3 Å². The van der Waals surface area contributed by atoms with Crippen molar-refractivity contribution in [2.75, 3.05) is 0 Å². The molecule has 0 aromatic carbocycles. The molecule has 74 valence electrons. The van der Waals surface area contributed by atoms with E-state index in [1.165, 1.54) is 5.56 Å². The third-order valence-electron chi connectivity index (χ3n) is 1.82. The normalized spacial score (nSPS) is 10.8. The lowest BCUT2D eigenvalue weighted by Crippen LogP contribution is -2.11. The van der Waals surface area contributed by atoms with Crippen molar-refractivity contribution in [1.29, 1.82) is 0 Å². The summed E-state index contributed by atoms with van der Waals surface area (Å²) in [7, 11) is 0. The Kier molecular flexibility index (Phi) is 4.72. The Balaban J connectivity index is 0.00000144. The molecule has 0 saturated heterocycles. The number of aromatic nitrogens is 1. The largest absolute Gasteiger partial charge is 0.264 e. The summed E-state index contributed by atoms with van der Waals surface area (Å²) in [5.41, 5.74) is 2.49. The highest BCUT2D eigenvalue weighted by atomic mass is 35.5. The number of nitrogens with zero attached hydrogens (tertiary/aromatic N) is 1. The summed E-state index contributed by atoms with van der Waals surface area (Å²) in [6, 6.07) is 2.11. The van der Waals surface area contributed by atoms with Crippen molar-refractivity contribution in [1.82, 2.24) is 4.98 Å². The zero-order chi connectivity index (χ0) is 9.19. The van der Waals surface area contributed by atoms with Crippen LogP contribution in [0, 0.1) is 0 Å². The van der Waals surface area contributed by atoms with Gasteiger partial charge in [0.05, 0.1) is 0 Å². The van der Waals surface area contributed by atoms with E-state index in [0.717, 1.165) is 5.56 Å². The van der Waals surface area contributed by atoms with Crippen molar-refractivity contribution in [2.45, 2.75) is 32.1 Å². The van der Waals surface area contributed by atoms with Gasteiger partial charge in [0.1, 0.15) is 0 Å². The number of halogens is 2. The zero-order valence-electron chi connectivity index (χ0n) is 8.17. The summed E-state index contributed by atoms with van der Waals surface area (Å²) in [5, 5.41) is 0. The molecule has 1 rings (SSSR count). The smallest absolute Gasteiger partial charge is 0.0489 e. The maximum absolute atomic E-state index is 5.71. The van der Waals surface area contributed by atoms with E-state index < -0.39 is 0 Å². The van der Waals surface area contributed by atoms with E-state index in [-0.39, 0.29) is 17.8 Å². The minimum absolute atomic E-state index is 0. The molecule has 13 heavy (non-hydrogen) atoms. The summed E-state index contributed by atoms with van der Waals surface area (Å²) >= 11 is 5.71. The van der Waals surface area contributed by atoms with Crippen LogP contribution in [0.5, 0.6) is 0 Å². The number of hydrogen-bond acceptors (Lipinski definition) is 1. The number of alkyl halides is 1. The fourth-order valence-electron chi connectivity index (χ4n) is 0.971. The molecule has 0 bridgehead atoms. The summed E-state index contributed by atoms with van der Waals surface area (Å²) < 4.78 is 0. The van der Waals surface area contributed by atoms with Gasteiger partial charge in [0.25, 0.3) is 0 Å². The van der Waals surface area contributed by atoms with Gasteiger partial charge in [-0.05, 0) is 16.5 Å². The van der Waals surface area contributed by atoms with Crippen LogP contribution in [0.4, 0.5) is 0 Å². The van der Waals surface area contributed by atoms with E-state index in [9.17, 15) is 0 Å². The van der Waals surface area contributed by atoms with E-state index in [4.69, 9.17) is 11.6 Å². The van der Waals surface area contributed by atoms with Crippen LogP contribution < -0.4 is 0 Å². The second-order valence-corrected chi connectivity index (χ2v) is 4.23. The predicted molar refractivity (Wildman–Crippen MR) is 59.7 cm³/mol. The first kappa shape index (κ1) is 12.7. The first-order valence-corrected chi connectivity index (χ1v) is 4.58. The zero-order valence-corrected chi connectivity index (χ0v) is 9.75. The van der Waals surface area contributed by atoms with Crippen LogP contribution in [0.25, 0.3) is 0 Å². The third kappa shape index (κ3) is 3.53. The highest BCUT2D eigenvalue weighted by Gasteiger charge is 2.13. The van der Waals surface area contributed by atoms with Crippen LogP contribution in [0.2, 0.25) is 0 Å². The quantitative estimate of drug-likeness (QED) is 0.659. The molecule has 0 atom stereocenters. The third-order valence-corrected chi connectivity index (χ3v) is 2.12. The van der Waals surface area contributed by atoms with E-state index in [2.05, 4.69) is 31.8 Å². The number of rotatable bonds is 1. The molecule has 0 unspecified atom stereocenters. The van der Waals surface area contributed by atoms with Crippen LogP contribution >= 0.6 is 24.0 Å². The molecule has 1 heterocycles. The molecule has 0 aliphatic heterocycles. The number of pyridine rings is 1. The first-order chi connectivity index (χ1) is 5.54. The Bertz CT molecular complexity index is 266. The van der Waals surface area contributed by atoms with Crippen molar-refractivity contribution < 1.29 is 0 Å². The van der Waals surface area contributed by atoms with Gasteiger partial charge in [-0.1, -0.05) is 26.8 Å². The van der Waals surface area contributed by atoms with Crippen LogP contribution in [-0.2, 0) is 11.3 Å². The molecule has 0 saturated carbocycles. The Morgan fingerprint density at radius 1 is 1.31 bits per heavy atom. The Morgan fingerprint density at radius 2 is 1.92 bits per heavy atom. The number of hydrogen-bond donors (Lipinski definition) is 0. The summed E-state index contributed by atoms with van der Waals surface area (Å²) in [6.45, 7) is 6.51. The topological polar surface area (TPSA) is 12.9 Å². The highest BCUT2D eigenvalue weighted by Crippen LogP contribution is 2.22. The second kappa shape index (κ2) is 4.83. The summed E-state index contributed by atoms with van der Waals surface area (Å²) in [6.07, 6.45) is 3.71. The molecule has 0 radical (unpaired) electrons. The standard InChI is InChI=1S/C10H14ClN.ClH/c1-10(2,3)9-4-8(5-11)6-12-7-9;/h4,6-7H,5H2,1-3H3;1H. The van der Waals surface area contributed by atoms with E-state index in [0.29, 0.717) is 5.88 Å². The molecule has 0 spiro atoms. The van der Waals surface area contributed by atoms with Gasteiger partial charge >= 0.3 is 0 Å². The van der Waals surface area contributed by atoms with Gasteiger partial charge < -0.3 is 0 Å². The van der Waals surface area contributed by atoms with E-state index >= 15 is 0 Å². The SMILES string of the molecule is CC(C)(C)c1cncc(CCl)c1.Cl. The van der Waals surface area contributed by atoms with Crippen LogP contribution in [0.1, 0.15) is 31.9 Å². The molecule has 1 nitrogen and oxygen atoms in total. The van der Waals surface area contributed by atoms with Gasteiger partial charge in [0.15, 0.2) is 0 Å². The minimum Gasteiger partial charge on any atom is -0.264 e. The maximum atomic E-state index is 5.71. The Hall–Kier alpha value is -0.270. The van der Waals surface area contributed by atoms with Gasteiger partial charge in [-0.2, -0.15) is 0 Å². The highest BCUT2D eigenvalue weighted by molar-refractivity contribution is 6.17. The van der Waals surface area contributed by atoms with Gasteiger partial charge in [-0.25, -0.2) is 0 Å². The van der Waals surface area contributed by atoms with Crippen LogP contribution in [-0.4, -0.2) is 4.98 Å². The molecule has 0 fully saturated rings. The fraction of sp³-hybridized carbons (Fsp3) is 0.500. The molecule has 0 aliphatic carbocycles. The molecular formula is C10H15Cl2N. The molecule has 1 aromatic heterocycles. The second-order valence-electron chi connectivity index (χ2n) is 3.97. The Labute approximate surface area is 90.9 Å². The van der Waals surface area contributed by atoms with Crippen LogP contribution in [0.15, 0.2) is 18.5 Å². The predicted octanol–water partition coefficient (Wildman–Crippen LogP) is 3.54. The van der Waals surface area contributed by atoms with Crippen molar-refractivity contribution in [3.05, 3.63) is 29.6 Å². The van der Waals surface area contributed by atoms with Gasteiger partial charge in [-0.15, -0.1) is 24.0 Å². The molecule has 0 aliphatic rings. The lowest BCUT2D eigenvalue weighted by atomic mass is 9.88. The summed E-state index contributed by atoms with van der Waals surface area (Å²) in [5.74, 6) is 0.539. The molecule has 1 aromatic rings. The molecule has 3 heteroatoms. The van der Waals surface area contributed by atoms with Crippen molar-refractivity contribution in [3.63, 3.8) is 0 Å². The average Bonchev–Trinajstić information content (AvgIpc) is 2.03. The van der Waals surface area contributed by atoms with Crippen molar-refractivity contribution in [2.24, 2.45) is 0 Å². The van der Waals surface area contributed by atoms with Crippen LogP contribution in [0.3, 0.4) is 0 Å². The first-order valence-electron chi connectivity index (χ1n) is 4.04. The van der Waals surface area contributed by atoms with Gasteiger partial charge in [0.2, 0.25) is 0 Å². The molecule has 0 amide bonds. The van der Waals surface area contributed by atoms with Crippen molar-refractivity contribution >= 4 is 24.0 Å². The lowest BCUT2D eigenvalue weighted by molar-refractivity contribution is 0.586. The summed E-state index contributed by atoms with van der Waals surface area (Å²) in [4.78, 5) is 4.14. The van der Waals surface area contributed by atoms with Gasteiger partial charge in [-0.3, -0.25) is 4.98 Å². The van der Waals surface area contributed by atoms with Crippen molar-refractivity contribution in [3.8, 4) is 0 Å². The molecule has 0 N–H and O–H groups in total. The van der Waals surface area contributed by atoms with E-state index in [1.54, 1.807) is 0 Å². The monoisotopic (exact) mass is 219 g/mol.